The van der Waals surface area contributed by atoms with Crippen molar-refractivity contribution in [2.24, 2.45) is 0 Å². The highest BCUT2D eigenvalue weighted by Gasteiger charge is 2.36. The third-order valence-corrected chi connectivity index (χ3v) is 4.31. The second-order valence-corrected chi connectivity index (χ2v) is 5.73. The van der Waals surface area contributed by atoms with E-state index in [9.17, 15) is 4.39 Å². The first kappa shape index (κ1) is 14.5. The minimum atomic E-state index is -0.164. The lowest BCUT2D eigenvalue weighted by Gasteiger charge is -2.41. The predicted octanol–water partition coefficient (Wildman–Crippen LogP) is 3.22. The monoisotopic (exact) mass is 265 g/mol. The maximum atomic E-state index is 13.2. The maximum absolute atomic E-state index is 13.2. The molecule has 2 atom stereocenters. The molecule has 2 unspecified atom stereocenters. The van der Waals surface area contributed by atoms with E-state index in [-0.39, 0.29) is 17.5 Å². The smallest absolute Gasteiger partial charge is 0.123 e. The van der Waals surface area contributed by atoms with E-state index in [0.29, 0.717) is 0 Å². The first-order chi connectivity index (χ1) is 9.05. The minimum Gasteiger partial charge on any atom is -0.374 e. The van der Waals surface area contributed by atoms with Gasteiger partial charge in [0.25, 0.3) is 0 Å². The number of nitrogens with one attached hydrogen (secondary N) is 1. The van der Waals surface area contributed by atoms with Crippen LogP contribution in [0.15, 0.2) is 18.2 Å². The van der Waals surface area contributed by atoms with Crippen LogP contribution in [0.5, 0.6) is 0 Å². The highest BCUT2D eigenvalue weighted by atomic mass is 19.1. The Bertz CT molecular complexity index is 427. The summed E-state index contributed by atoms with van der Waals surface area (Å²) in [4.78, 5) is 0. The highest BCUT2D eigenvalue weighted by molar-refractivity contribution is 5.28. The molecule has 1 fully saturated rings. The summed E-state index contributed by atoms with van der Waals surface area (Å²) in [6.07, 6.45) is 4.33. The number of ether oxygens (including phenoxy) is 1. The van der Waals surface area contributed by atoms with Crippen LogP contribution < -0.4 is 5.32 Å². The molecule has 1 N–H and O–H groups in total. The molecule has 1 aromatic rings. The van der Waals surface area contributed by atoms with Crippen molar-refractivity contribution < 1.29 is 9.13 Å². The Balaban J connectivity index is 2.14. The van der Waals surface area contributed by atoms with Crippen LogP contribution in [0.3, 0.4) is 0 Å². The topological polar surface area (TPSA) is 21.3 Å². The average molecular weight is 265 g/mol. The molecular weight excluding hydrogens is 241 g/mol. The van der Waals surface area contributed by atoms with Gasteiger partial charge in [0.1, 0.15) is 5.82 Å². The molecule has 0 aromatic heterocycles. The fraction of sp³-hybridized carbons (Fsp3) is 0.625. The molecule has 0 spiro atoms. The van der Waals surface area contributed by atoms with E-state index in [1.165, 1.54) is 12.0 Å². The van der Waals surface area contributed by atoms with Gasteiger partial charge in [-0.05, 0) is 69.8 Å². The maximum Gasteiger partial charge on any atom is 0.123 e. The van der Waals surface area contributed by atoms with Gasteiger partial charge in [0, 0.05) is 12.6 Å². The van der Waals surface area contributed by atoms with Crippen LogP contribution in [-0.4, -0.2) is 25.3 Å². The summed E-state index contributed by atoms with van der Waals surface area (Å²) in [5.74, 6) is -0.164. The molecule has 0 radical (unpaired) electrons. The number of halogens is 1. The zero-order valence-corrected chi connectivity index (χ0v) is 12.1. The summed E-state index contributed by atoms with van der Waals surface area (Å²) in [7, 11) is 1.98. The molecule has 1 aromatic carbocycles. The number of hydrogen-bond acceptors (Lipinski definition) is 2. The molecule has 3 heteroatoms. The lowest BCUT2D eigenvalue weighted by Crippen LogP contribution is -2.52. The van der Waals surface area contributed by atoms with Gasteiger partial charge in [0.05, 0.1) is 5.60 Å². The summed E-state index contributed by atoms with van der Waals surface area (Å²) in [6, 6.07) is 5.30. The molecule has 1 aliphatic heterocycles. The van der Waals surface area contributed by atoms with Crippen LogP contribution in [0.2, 0.25) is 0 Å². The van der Waals surface area contributed by atoms with Gasteiger partial charge < -0.3 is 10.1 Å². The van der Waals surface area contributed by atoms with Crippen molar-refractivity contribution >= 4 is 0 Å². The SMILES string of the molecule is CNC(Cc1ccc(F)cc1C)C1(C)CCCCO1. The Morgan fingerprint density at radius 1 is 1.42 bits per heavy atom. The zero-order valence-electron chi connectivity index (χ0n) is 12.1. The quantitative estimate of drug-likeness (QED) is 0.902. The van der Waals surface area contributed by atoms with Crippen LogP contribution in [0, 0.1) is 12.7 Å². The molecule has 0 amide bonds. The Labute approximate surface area is 115 Å². The summed E-state index contributed by atoms with van der Waals surface area (Å²) in [5.41, 5.74) is 2.09. The second-order valence-electron chi connectivity index (χ2n) is 5.73. The van der Waals surface area contributed by atoms with Crippen LogP contribution >= 0.6 is 0 Å². The highest BCUT2D eigenvalue weighted by Crippen LogP contribution is 2.30. The molecule has 1 heterocycles. The first-order valence-corrected chi connectivity index (χ1v) is 7.11. The van der Waals surface area contributed by atoms with Crippen molar-refractivity contribution in [1.29, 1.82) is 0 Å². The van der Waals surface area contributed by atoms with E-state index in [1.54, 1.807) is 12.1 Å². The fourth-order valence-corrected chi connectivity index (χ4v) is 2.96. The van der Waals surface area contributed by atoms with Crippen LogP contribution in [0.1, 0.15) is 37.3 Å². The molecule has 2 rings (SSSR count). The third-order valence-electron chi connectivity index (χ3n) is 4.31. The first-order valence-electron chi connectivity index (χ1n) is 7.11. The van der Waals surface area contributed by atoms with Crippen molar-refractivity contribution in [1.82, 2.24) is 5.32 Å². The van der Waals surface area contributed by atoms with Crippen LogP contribution in [-0.2, 0) is 11.2 Å². The van der Waals surface area contributed by atoms with E-state index in [1.807, 2.05) is 20.0 Å². The fourth-order valence-electron chi connectivity index (χ4n) is 2.96. The van der Waals surface area contributed by atoms with Crippen molar-refractivity contribution in [2.75, 3.05) is 13.7 Å². The zero-order chi connectivity index (χ0) is 13.9. The Morgan fingerprint density at radius 2 is 2.21 bits per heavy atom. The van der Waals surface area contributed by atoms with Gasteiger partial charge in [-0.25, -0.2) is 4.39 Å². The standard InChI is InChI=1S/C16H24FNO/c1-12-10-14(17)7-6-13(12)11-15(18-3)16(2)8-4-5-9-19-16/h6-7,10,15,18H,4-5,8-9,11H2,1-3H3. The van der Waals surface area contributed by atoms with Crippen molar-refractivity contribution in [2.45, 2.75) is 51.2 Å². The van der Waals surface area contributed by atoms with Crippen molar-refractivity contribution in [3.05, 3.63) is 35.1 Å². The van der Waals surface area contributed by atoms with Gasteiger partial charge in [-0.15, -0.1) is 0 Å². The van der Waals surface area contributed by atoms with Crippen LogP contribution in [0.25, 0.3) is 0 Å². The number of aryl methyl sites for hydroxylation is 1. The summed E-state index contributed by atoms with van der Waals surface area (Å²) in [5, 5.41) is 3.38. The van der Waals surface area contributed by atoms with E-state index < -0.39 is 0 Å². The van der Waals surface area contributed by atoms with Crippen molar-refractivity contribution in [3.8, 4) is 0 Å². The average Bonchev–Trinajstić information content (AvgIpc) is 2.38. The Kier molecular flexibility index (Phi) is 4.58. The lowest BCUT2D eigenvalue weighted by molar-refractivity contribution is -0.0870. The van der Waals surface area contributed by atoms with E-state index >= 15 is 0 Å². The normalized spacial score (nSPS) is 25.3. The summed E-state index contributed by atoms with van der Waals surface area (Å²) >= 11 is 0. The molecule has 1 aliphatic rings. The molecular formula is C16H24FNO. The molecule has 106 valence electrons. The van der Waals surface area contributed by atoms with Gasteiger partial charge in [-0.2, -0.15) is 0 Å². The predicted molar refractivity (Wildman–Crippen MR) is 75.9 cm³/mol. The summed E-state index contributed by atoms with van der Waals surface area (Å²) in [6.45, 7) is 5.00. The Hall–Kier alpha value is -0.930. The number of likely N-dealkylation sites (N-methyl/N-ethyl adjacent to an activating group) is 1. The second kappa shape index (κ2) is 6.02. The minimum absolute atomic E-state index is 0.117. The largest absolute Gasteiger partial charge is 0.374 e. The molecule has 1 saturated heterocycles. The van der Waals surface area contributed by atoms with Gasteiger partial charge >= 0.3 is 0 Å². The van der Waals surface area contributed by atoms with Gasteiger partial charge in [-0.3, -0.25) is 0 Å². The van der Waals surface area contributed by atoms with Gasteiger partial charge in [0.2, 0.25) is 0 Å². The summed E-state index contributed by atoms with van der Waals surface area (Å²) < 4.78 is 19.2. The molecule has 0 bridgehead atoms. The number of hydrogen-bond donors (Lipinski definition) is 1. The van der Waals surface area contributed by atoms with Crippen molar-refractivity contribution in [3.63, 3.8) is 0 Å². The number of benzene rings is 1. The van der Waals surface area contributed by atoms with E-state index in [2.05, 4.69) is 12.2 Å². The third kappa shape index (κ3) is 3.34. The molecule has 19 heavy (non-hydrogen) atoms. The molecule has 0 saturated carbocycles. The molecule has 2 nitrogen and oxygen atoms in total. The number of rotatable bonds is 4. The van der Waals surface area contributed by atoms with E-state index in [0.717, 1.165) is 31.4 Å². The van der Waals surface area contributed by atoms with E-state index in [4.69, 9.17) is 4.74 Å². The lowest BCUT2D eigenvalue weighted by atomic mass is 9.84. The van der Waals surface area contributed by atoms with Gasteiger partial charge in [0.15, 0.2) is 0 Å². The van der Waals surface area contributed by atoms with Gasteiger partial charge in [-0.1, -0.05) is 6.07 Å². The molecule has 0 aliphatic carbocycles. The Morgan fingerprint density at radius 3 is 2.79 bits per heavy atom. The van der Waals surface area contributed by atoms with Crippen LogP contribution in [0.4, 0.5) is 4.39 Å².